The Labute approximate surface area is 126 Å². The number of rotatable bonds is 3. The largest absolute Gasteiger partial charge is 0.472 e. The monoisotopic (exact) mass is 306 g/mol. The van der Waals surface area contributed by atoms with Crippen LogP contribution in [0.1, 0.15) is 15.9 Å². The van der Waals surface area contributed by atoms with Crippen LogP contribution in [-0.2, 0) is 6.54 Å². The molecule has 0 atom stereocenters. The lowest BCUT2D eigenvalue weighted by molar-refractivity contribution is 0.0626. The highest BCUT2D eigenvalue weighted by Gasteiger charge is 2.23. The summed E-state index contributed by atoms with van der Waals surface area (Å²) in [5, 5.41) is 0. The summed E-state index contributed by atoms with van der Waals surface area (Å²) in [6, 6.07) is 5.84. The number of amides is 1. The van der Waals surface area contributed by atoms with Gasteiger partial charge in [-0.25, -0.2) is 8.78 Å². The zero-order valence-electron chi connectivity index (χ0n) is 12.0. The number of benzene rings is 1. The van der Waals surface area contributed by atoms with Gasteiger partial charge in [0.05, 0.1) is 11.8 Å². The molecule has 0 radical (unpaired) electrons. The van der Waals surface area contributed by atoms with Crippen LogP contribution in [0.25, 0.3) is 0 Å². The van der Waals surface area contributed by atoms with Gasteiger partial charge in [-0.3, -0.25) is 9.69 Å². The molecule has 1 aromatic carbocycles. The van der Waals surface area contributed by atoms with Crippen molar-refractivity contribution in [2.24, 2.45) is 0 Å². The molecule has 0 spiro atoms. The van der Waals surface area contributed by atoms with Crippen molar-refractivity contribution in [3.8, 4) is 0 Å². The minimum absolute atomic E-state index is 0.0645. The Morgan fingerprint density at radius 1 is 1.14 bits per heavy atom. The smallest absolute Gasteiger partial charge is 0.257 e. The number of carbonyl (C=O) groups is 1. The summed E-state index contributed by atoms with van der Waals surface area (Å²) >= 11 is 0. The maximum Gasteiger partial charge on any atom is 0.257 e. The molecular formula is C16H16F2N2O2. The van der Waals surface area contributed by atoms with Crippen LogP contribution in [0.15, 0.2) is 41.2 Å². The highest BCUT2D eigenvalue weighted by atomic mass is 19.2. The van der Waals surface area contributed by atoms with Crippen molar-refractivity contribution in [2.45, 2.75) is 6.54 Å². The molecule has 1 saturated heterocycles. The molecule has 4 nitrogen and oxygen atoms in total. The summed E-state index contributed by atoms with van der Waals surface area (Å²) in [7, 11) is 0. The normalized spacial score (nSPS) is 16.0. The molecule has 0 N–H and O–H groups in total. The molecule has 0 saturated carbocycles. The summed E-state index contributed by atoms with van der Waals surface area (Å²) in [5.41, 5.74) is 0.874. The van der Waals surface area contributed by atoms with E-state index in [0.29, 0.717) is 43.9 Å². The van der Waals surface area contributed by atoms with Crippen LogP contribution in [0.3, 0.4) is 0 Å². The van der Waals surface area contributed by atoms with E-state index in [2.05, 4.69) is 0 Å². The fraction of sp³-hybridized carbons (Fsp3) is 0.312. The van der Waals surface area contributed by atoms with E-state index in [1.54, 1.807) is 17.0 Å². The van der Waals surface area contributed by atoms with E-state index in [9.17, 15) is 13.6 Å². The van der Waals surface area contributed by atoms with E-state index in [1.165, 1.54) is 18.6 Å². The van der Waals surface area contributed by atoms with Crippen molar-refractivity contribution < 1.29 is 18.0 Å². The summed E-state index contributed by atoms with van der Waals surface area (Å²) in [6.45, 7) is 2.71. The molecule has 116 valence electrons. The molecule has 2 heterocycles. The Kier molecular flexibility index (Phi) is 4.20. The summed E-state index contributed by atoms with van der Waals surface area (Å²) in [4.78, 5) is 15.9. The second kappa shape index (κ2) is 6.27. The summed E-state index contributed by atoms with van der Waals surface area (Å²) < 4.78 is 31.8. The third kappa shape index (κ3) is 3.01. The minimum Gasteiger partial charge on any atom is -0.472 e. The van der Waals surface area contributed by atoms with Gasteiger partial charge in [-0.05, 0) is 12.1 Å². The van der Waals surface area contributed by atoms with Crippen LogP contribution in [-0.4, -0.2) is 41.9 Å². The highest BCUT2D eigenvalue weighted by molar-refractivity contribution is 5.93. The van der Waals surface area contributed by atoms with Gasteiger partial charge in [0.1, 0.15) is 6.26 Å². The molecule has 1 fully saturated rings. The van der Waals surface area contributed by atoms with Gasteiger partial charge in [0.15, 0.2) is 11.6 Å². The average Bonchev–Trinajstić information content (AvgIpc) is 3.06. The first kappa shape index (κ1) is 14.7. The van der Waals surface area contributed by atoms with Crippen molar-refractivity contribution >= 4 is 5.91 Å². The average molecular weight is 306 g/mol. The SMILES string of the molecule is O=C(c1ccoc1)N1CCN(Cc2cccc(F)c2F)CC1. The van der Waals surface area contributed by atoms with Gasteiger partial charge >= 0.3 is 0 Å². The zero-order chi connectivity index (χ0) is 15.5. The van der Waals surface area contributed by atoms with Gasteiger partial charge in [0, 0.05) is 38.3 Å². The van der Waals surface area contributed by atoms with E-state index in [1.807, 2.05) is 4.90 Å². The Morgan fingerprint density at radius 3 is 2.59 bits per heavy atom. The van der Waals surface area contributed by atoms with Crippen LogP contribution in [0.4, 0.5) is 8.78 Å². The van der Waals surface area contributed by atoms with Crippen LogP contribution in [0.2, 0.25) is 0 Å². The van der Waals surface area contributed by atoms with Crippen LogP contribution >= 0.6 is 0 Å². The number of nitrogens with zero attached hydrogens (tertiary/aromatic N) is 2. The number of carbonyl (C=O) groups excluding carboxylic acids is 1. The Bertz CT molecular complexity index is 650. The number of piperazine rings is 1. The van der Waals surface area contributed by atoms with Gasteiger partial charge in [0.2, 0.25) is 0 Å². The molecule has 1 aliphatic rings. The minimum atomic E-state index is -0.828. The van der Waals surface area contributed by atoms with Crippen LogP contribution in [0.5, 0.6) is 0 Å². The number of hydrogen-bond donors (Lipinski definition) is 0. The van der Waals surface area contributed by atoms with E-state index >= 15 is 0 Å². The quantitative estimate of drug-likeness (QED) is 0.874. The molecule has 3 rings (SSSR count). The standard InChI is InChI=1S/C16H16F2N2O2/c17-14-3-1-2-12(15(14)18)10-19-5-7-20(8-6-19)16(21)13-4-9-22-11-13/h1-4,9,11H,5-8,10H2. The molecule has 1 amide bonds. The first-order valence-electron chi connectivity index (χ1n) is 7.12. The van der Waals surface area contributed by atoms with Crippen molar-refractivity contribution in [3.63, 3.8) is 0 Å². The number of hydrogen-bond acceptors (Lipinski definition) is 3. The van der Waals surface area contributed by atoms with Crippen molar-refractivity contribution in [1.82, 2.24) is 9.80 Å². The Morgan fingerprint density at radius 2 is 1.91 bits per heavy atom. The second-order valence-corrected chi connectivity index (χ2v) is 5.29. The van der Waals surface area contributed by atoms with Crippen molar-refractivity contribution in [1.29, 1.82) is 0 Å². The molecule has 0 bridgehead atoms. The first-order valence-corrected chi connectivity index (χ1v) is 7.12. The lowest BCUT2D eigenvalue weighted by atomic mass is 10.1. The predicted molar refractivity (Wildman–Crippen MR) is 76.2 cm³/mol. The molecular weight excluding hydrogens is 290 g/mol. The fourth-order valence-corrected chi connectivity index (χ4v) is 2.59. The van der Waals surface area contributed by atoms with E-state index in [-0.39, 0.29) is 5.91 Å². The van der Waals surface area contributed by atoms with E-state index in [4.69, 9.17) is 4.42 Å². The fourth-order valence-electron chi connectivity index (χ4n) is 2.59. The summed E-state index contributed by atoms with van der Waals surface area (Å²) in [6.07, 6.45) is 2.90. The maximum atomic E-state index is 13.7. The molecule has 6 heteroatoms. The van der Waals surface area contributed by atoms with Gasteiger partial charge in [-0.1, -0.05) is 12.1 Å². The molecule has 0 unspecified atom stereocenters. The lowest BCUT2D eigenvalue weighted by Crippen LogP contribution is -2.48. The van der Waals surface area contributed by atoms with Crippen LogP contribution < -0.4 is 0 Å². The third-order valence-electron chi connectivity index (χ3n) is 3.85. The molecule has 1 aliphatic heterocycles. The second-order valence-electron chi connectivity index (χ2n) is 5.29. The lowest BCUT2D eigenvalue weighted by Gasteiger charge is -2.34. The molecule has 1 aromatic heterocycles. The first-order chi connectivity index (χ1) is 10.6. The van der Waals surface area contributed by atoms with Crippen LogP contribution in [0, 0.1) is 11.6 Å². The van der Waals surface area contributed by atoms with Crippen molar-refractivity contribution in [2.75, 3.05) is 26.2 Å². The van der Waals surface area contributed by atoms with Gasteiger partial charge in [0.25, 0.3) is 5.91 Å². The number of furan rings is 1. The summed E-state index contributed by atoms with van der Waals surface area (Å²) in [5.74, 6) is -1.68. The van der Waals surface area contributed by atoms with Gasteiger partial charge in [-0.15, -0.1) is 0 Å². The Hall–Kier alpha value is -2.21. The van der Waals surface area contributed by atoms with E-state index < -0.39 is 11.6 Å². The molecule has 0 aliphatic carbocycles. The predicted octanol–water partition coefficient (Wildman–Crippen LogP) is 2.52. The third-order valence-corrected chi connectivity index (χ3v) is 3.85. The van der Waals surface area contributed by atoms with Gasteiger partial charge < -0.3 is 9.32 Å². The number of halogens is 2. The molecule has 22 heavy (non-hydrogen) atoms. The highest BCUT2D eigenvalue weighted by Crippen LogP contribution is 2.16. The van der Waals surface area contributed by atoms with E-state index in [0.717, 1.165) is 6.07 Å². The Balaban J connectivity index is 1.58. The molecule has 2 aromatic rings. The maximum absolute atomic E-state index is 13.7. The topological polar surface area (TPSA) is 36.7 Å². The zero-order valence-corrected chi connectivity index (χ0v) is 12.0. The van der Waals surface area contributed by atoms with Crippen molar-refractivity contribution in [3.05, 3.63) is 59.6 Å². The van der Waals surface area contributed by atoms with Gasteiger partial charge in [-0.2, -0.15) is 0 Å².